The Labute approximate surface area is 108 Å². The summed E-state index contributed by atoms with van der Waals surface area (Å²) < 4.78 is 5.23. The van der Waals surface area contributed by atoms with E-state index in [9.17, 15) is 15.0 Å². The van der Waals surface area contributed by atoms with Gasteiger partial charge in [0.1, 0.15) is 18.0 Å². The zero-order valence-electron chi connectivity index (χ0n) is 9.78. The van der Waals surface area contributed by atoms with Gasteiger partial charge in [0.2, 0.25) is 0 Å². The maximum Gasteiger partial charge on any atom is 0.346 e. The summed E-state index contributed by atoms with van der Waals surface area (Å²) in [7, 11) is 0. The Hall–Kier alpha value is -1.92. The van der Waals surface area contributed by atoms with Crippen LogP contribution in [0, 0.1) is 12.3 Å². The molecule has 1 fully saturated rings. The highest BCUT2D eigenvalue weighted by Crippen LogP contribution is 2.30. The number of terminal acetylenes is 1. The van der Waals surface area contributed by atoms with Crippen molar-refractivity contribution in [2.45, 2.75) is 24.0 Å². The first-order valence-electron chi connectivity index (χ1n) is 5.47. The lowest BCUT2D eigenvalue weighted by molar-refractivity contribution is -0.0527. The van der Waals surface area contributed by atoms with Crippen LogP contribution in [0.15, 0.2) is 17.1 Å². The quantitative estimate of drug-likeness (QED) is 0.387. The standard InChI is InChI=1S/C11H13N3O5/c1-2-11(18)6(5-15)19-9(8(11)16)13-7-3-4-12-10(17)14-7/h1,3-4,6,8-9,15-16,18H,5H2,(H2,12,13,14,17)/t6-,8+,9-,11-/m1/s1. The van der Waals surface area contributed by atoms with E-state index in [1.165, 1.54) is 12.3 Å². The molecule has 0 aliphatic carbocycles. The molecule has 2 rings (SSSR count). The highest BCUT2D eigenvalue weighted by Gasteiger charge is 2.54. The number of H-pyrrole nitrogens is 1. The molecule has 0 spiro atoms. The van der Waals surface area contributed by atoms with Gasteiger partial charge in [0.05, 0.1) is 6.61 Å². The van der Waals surface area contributed by atoms with Crippen LogP contribution >= 0.6 is 0 Å². The Morgan fingerprint density at radius 1 is 1.68 bits per heavy atom. The van der Waals surface area contributed by atoms with Crippen molar-refractivity contribution in [1.29, 1.82) is 0 Å². The molecule has 5 N–H and O–H groups in total. The SMILES string of the molecule is C#C[C@@]1(O)[C@@H](CO)O[C@@H](Nc2ccnc(=O)[nH]2)[C@@H]1O. The number of aromatic amines is 1. The van der Waals surface area contributed by atoms with Crippen molar-refractivity contribution in [3.63, 3.8) is 0 Å². The van der Waals surface area contributed by atoms with Crippen molar-refractivity contribution in [3.8, 4) is 12.3 Å². The van der Waals surface area contributed by atoms with Crippen molar-refractivity contribution >= 4 is 5.82 Å². The second kappa shape index (κ2) is 4.99. The van der Waals surface area contributed by atoms with Gasteiger partial charge in [-0.15, -0.1) is 6.42 Å². The van der Waals surface area contributed by atoms with E-state index in [4.69, 9.17) is 16.3 Å². The van der Waals surface area contributed by atoms with Crippen molar-refractivity contribution in [2.75, 3.05) is 11.9 Å². The molecule has 1 saturated heterocycles. The van der Waals surface area contributed by atoms with Gasteiger partial charge >= 0.3 is 5.69 Å². The maximum absolute atomic E-state index is 11.0. The molecular weight excluding hydrogens is 254 g/mol. The topological polar surface area (TPSA) is 128 Å². The molecule has 2 heterocycles. The lowest BCUT2D eigenvalue weighted by Gasteiger charge is -2.24. The molecule has 1 aliphatic heterocycles. The number of anilines is 1. The summed E-state index contributed by atoms with van der Waals surface area (Å²) in [5, 5.41) is 31.7. The van der Waals surface area contributed by atoms with Crippen molar-refractivity contribution in [2.24, 2.45) is 0 Å². The molecule has 19 heavy (non-hydrogen) atoms. The van der Waals surface area contributed by atoms with E-state index in [-0.39, 0.29) is 5.82 Å². The predicted molar refractivity (Wildman–Crippen MR) is 64.0 cm³/mol. The first kappa shape index (κ1) is 13.5. The molecule has 1 aromatic heterocycles. The van der Waals surface area contributed by atoms with E-state index < -0.39 is 36.3 Å². The molecule has 8 heteroatoms. The van der Waals surface area contributed by atoms with Gasteiger partial charge in [-0.05, 0) is 6.07 Å². The molecule has 102 valence electrons. The minimum absolute atomic E-state index is 0.238. The molecule has 8 nitrogen and oxygen atoms in total. The van der Waals surface area contributed by atoms with E-state index in [0.29, 0.717) is 0 Å². The molecule has 0 radical (unpaired) electrons. The van der Waals surface area contributed by atoms with Crippen molar-refractivity contribution < 1.29 is 20.1 Å². The monoisotopic (exact) mass is 267 g/mol. The van der Waals surface area contributed by atoms with Crippen LogP contribution in [0.2, 0.25) is 0 Å². The zero-order valence-corrected chi connectivity index (χ0v) is 9.78. The number of aliphatic hydroxyl groups excluding tert-OH is 2. The third-order valence-electron chi connectivity index (χ3n) is 2.91. The Kier molecular flexibility index (Phi) is 3.55. The lowest BCUT2D eigenvalue weighted by Crippen LogP contribution is -2.49. The van der Waals surface area contributed by atoms with Gasteiger partial charge in [0, 0.05) is 6.20 Å². The highest BCUT2D eigenvalue weighted by atomic mass is 16.6. The van der Waals surface area contributed by atoms with Crippen LogP contribution in [-0.4, -0.2) is 55.9 Å². The second-order valence-electron chi connectivity index (χ2n) is 4.08. The number of hydrogen-bond donors (Lipinski definition) is 5. The van der Waals surface area contributed by atoms with Crippen LogP contribution in [0.1, 0.15) is 0 Å². The van der Waals surface area contributed by atoms with Gasteiger partial charge in [-0.25, -0.2) is 9.78 Å². The molecule has 1 aliphatic rings. The number of nitrogens with zero attached hydrogens (tertiary/aromatic N) is 1. The van der Waals surface area contributed by atoms with Gasteiger partial charge in [-0.2, -0.15) is 0 Å². The summed E-state index contributed by atoms with van der Waals surface area (Å²) in [5.74, 6) is 2.25. The highest BCUT2D eigenvalue weighted by molar-refractivity contribution is 5.35. The zero-order chi connectivity index (χ0) is 14.0. The van der Waals surface area contributed by atoms with E-state index in [0.717, 1.165) is 0 Å². The third kappa shape index (κ3) is 2.32. The van der Waals surface area contributed by atoms with Crippen LogP contribution in [0.4, 0.5) is 5.82 Å². The fourth-order valence-electron chi connectivity index (χ4n) is 1.86. The molecule has 4 atom stereocenters. The molecular formula is C11H13N3O5. The minimum atomic E-state index is -2.00. The van der Waals surface area contributed by atoms with Gasteiger partial charge < -0.3 is 25.4 Å². The van der Waals surface area contributed by atoms with Crippen LogP contribution in [0.3, 0.4) is 0 Å². The van der Waals surface area contributed by atoms with Gasteiger partial charge in [-0.3, -0.25) is 4.98 Å². The van der Waals surface area contributed by atoms with Crippen LogP contribution in [0.25, 0.3) is 0 Å². The van der Waals surface area contributed by atoms with E-state index in [2.05, 4.69) is 15.3 Å². The van der Waals surface area contributed by atoms with E-state index in [1.807, 2.05) is 5.92 Å². The first-order chi connectivity index (χ1) is 9.01. The average molecular weight is 267 g/mol. The minimum Gasteiger partial charge on any atom is -0.394 e. The Morgan fingerprint density at radius 3 is 2.95 bits per heavy atom. The summed E-state index contributed by atoms with van der Waals surface area (Å²) in [6, 6.07) is 1.44. The Bertz CT molecular complexity index is 554. The molecule has 0 saturated carbocycles. The fraction of sp³-hybridized carbons (Fsp3) is 0.455. The largest absolute Gasteiger partial charge is 0.394 e. The summed E-state index contributed by atoms with van der Waals surface area (Å²) >= 11 is 0. The lowest BCUT2D eigenvalue weighted by atomic mass is 9.93. The van der Waals surface area contributed by atoms with Gasteiger partial charge in [0.15, 0.2) is 11.8 Å². The number of aromatic nitrogens is 2. The van der Waals surface area contributed by atoms with Gasteiger partial charge in [0.25, 0.3) is 0 Å². The van der Waals surface area contributed by atoms with Crippen molar-refractivity contribution in [1.82, 2.24) is 9.97 Å². The second-order valence-corrected chi connectivity index (χ2v) is 4.08. The summed E-state index contributed by atoms with van der Waals surface area (Å²) in [5.41, 5.74) is -2.58. The number of hydrogen-bond acceptors (Lipinski definition) is 7. The van der Waals surface area contributed by atoms with Crippen LogP contribution in [0.5, 0.6) is 0 Å². The number of rotatable bonds is 3. The molecule has 0 amide bonds. The summed E-state index contributed by atoms with van der Waals surface area (Å²) in [6.45, 7) is -0.553. The predicted octanol–water partition coefficient (Wildman–Crippen LogP) is -2.38. The molecule has 0 bridgehead atoms. The van der Waals surface area contributed by atoms with E-state index >= 15 is 0 Å². The van der Waals surface area contributed by atoms with Crippen molar-refractivity contribution in [3.05, 3.63) is 22.7 Å². The molecule has 1 aromatic rings. The molecule has 0 aromatic carbocycles. The third-order valence-corrected chi connectivity index (χ3v) is 2.91. The summed E-state index contributed by atoms with van der Waals surface area (Å²) in [6.07, 6.45) is 2.76. The first-order valence-corrected chi connectivity index (χ1v) is 5.47. The summed E-state index contributed by atoms with van der Waals surface area (Å²) in [4.78, 5) is 16.8. The maximum atomic E-state index is 11.0. The number of ether oxygens (including phenoxy) is 1. The fourth-order valence-corrected chi connectivity index (χ4v) is 1.86. The van der Waals surface area contributed by atoms with Gasteiger partial charge in [-0.1, -0.05) is 5.92 Å². The molecule has 0 unspecified atom stereocenters. The smallest absolute Gasteiger partial charge is 0.346 e. The van der Waals surface area contributed by atoms with E-state index in [1.54, 1.807) is 0 Å². The van der Waals surface area contributed by atoms with Crippen LogP contribution in [-0.2, 0) is 4.74 Å². The van der Waals surface area contributed by atoms with Crippen LogP contribution < -0.4 is 11.0 Å². The number of nitrogens with one attached hydrogen (secondary N) is 2. The number of aliphatic hydroxyl groups is 3. The average Bonchev–Trinajstić information content (AvgIpc) is 2.64. The Morgan fingerprint density at radius 2 is 2.42 bits per heavy atom. The Balaban J connectivity index is 2.19. The normalized spacial score (nSPS) is 33.9.